The van der Waals surface area contributed by atoms with Crippen LogP contribution in [0.1, 0.15) is 24.0 Å². The van der Waals surface area contributed by atoms with Crippen molar-refractivity contribution in [1.29, 1.82) is 0 Å². The number of amides is 1. The van der Waals surface area contributed by atoms with E-state index in [2.05, 4.69) is 9.62 Å². The molecule has 1 atom stereocenters. The first-order chi connectivity index (χ1) is 24.5. The molecule has 51 heavy (non-hydrogen) atoms. The number of hydrogen-bond donors (Lipinski definition) is 1. The topological polar surface area (TPSA) is 81.7 Å². The lowest BCUT2D eigenvalue weighted by atomic mass is 9.96. The summed E-state index contributed by atoms with van der Waals surface area (Å²) in [5.41, 5.74) is 2.14. The van der Waals surface area contributed by atoms with Crippen molar-refractivity contribution in [3.8, 4) is 28.7 Å². The van der Waals surface area contributed by atoms with Crippen molar-refractivity contribution in [3.63, 3.8) is 0 Å². The summed E-state index contributed by atoms with van der Waals surface area (Å²) in [5.74, 6) is -4.20. The number of ether oxygens (including phenoxy) is 5. The number of methoxy groups -OCH3 is 5. The lowest BCUT2D eigenvalue weighted by Gasteiger charge is -2.40. The average Bonchev–Trinajstić information content (AvgIpc) is 3.12. The Hall–Kier alpha value is -4.82. The van der Waals surface area contributed by atoms with Crippen molar-refractivity contribution in [1.82, 2.24) is 4.31 Å². The zero-order valence-electron chi connectivity index (χ0n) is 28.8. The number of carbonyl (C=O) groups is 1. The molecule has 0 aromatic heterocycles. The van der Waals surface area contributed by atoms with E-state index in [4.69, 9.17) is 23.7 Å². The number of hydrogen-bond acceptors (Lipinski definition) is 9. The van der Waals surface area contributed by atoms with E-state index < -0.39 is 48.1 Å². The number of anilines is 2. The van der Waals surface area contributed by atoms with Gasteiger partial charge >= 0.3 is 0 Å². The molecule has 272 valence electrons. The van der Waals surface area contributed by atoms with Crippen LogP contribution in [0.2, 0.25) is 0 Å². The molecule has 1 aliphatic rings. The fourth-order valence-corrected chi connectivity index (χ4v) is 6.89. The quantitative estimate of drug-likeness (QED) is 0.103. The Balaban J connectivity index is 1.42. The molecule has 5 rings (SSSR count). The van der Waals surface area contributed by atoms with E-state index in [1.54, 1.807) is 58.8 Å². The number of alkyl halides is 2. The van der Waals surface area contributed by atoms with Gasteiger partial charge in [-0.25, -0.2) is 17.5 Å². The normalized spacial score (nSPS) is 15.3. The Morgan fingerprint density at radius 2 is 1.47 bits per heavy atom. The first-order valence-electron chi connectivity index (χ1n) is 15.9. The van der Waals surface area contributed by atoms with Crippen LogP contribution < -0.4 is 33.9 Å². The fraction of sp³-hybridized carbons (Fsp3) is 0.324. The van der Waals surface area contributed by atoms with Crippen molar-refractivity contribution in [3.05, 3.63) is 95.6 Å². The van der Waals surface area contributed by atoms with Crippen LogP contribution in [0.3, 0.4) is 0 Å². The highest BCUT2D eigenvalue weighted by Crippen LogP contribution is 2.41. The number of nitrogens with one attached hydrogen (secondary N) is 1. The summed E-state index contributed by atoms with van der Waals surface area (Å²) in [6, 6.07) is 18.8. The lowest BCUT2D eigenvalue weighted by molar-refractivity contribution is -0.121. The van der Waals surface area contributed by atoms with Crippen LogP contribution in [-0.2, 0) is 17.9 Å². The Kier molecular flexibility index (Phi) is 12.1. The van der Waals surface area contributed by atoms with Crippen LogP contribution in [0, 0.1) is 11.6 Å². The van der Waals surface area contributed by atoms with Gasteiger partial charge in [-0.05, 0) is 54.4 Å². The van der Waals surface area contributed by atoms with Gasteiger partial charge in [-0.3, -0.25) is 4.79 Å². The molecule has 1 saturated heterocycles. The van der Waals surface area contributed by atoms with Gasteiger partial charge < -0.3 is 33.9 Å². The smallest absolute Gasteiger partial charge is 0.252 e. The molecule has 0 aliphatic carbocycles. The van der Waals surface area contributed by atoms with Gasteiger partial charge in [0, 0.05) is 66.3 Å². The van der Waals surface area contributed by atoms with Crippen LogP contribution in [0.4, 0.5) is 28.9 Å². The molecule has 1 fully saturated rings. The summed E-state index contributed by atoms with van der Waals surface area (Å²) in [6.07, 6.45) is -1.39. The maximum absolute atomic E-state index is 14.7. The molecule has 1 aliphatic heterocycles. The molecule has 9 nitrogen and oxygen atoms in total. The number of nitrogens with zero attached hydrogens (tertiary/aromatic N) is 2. The van der Waals surface area contributed by atoms with E-state index >= 15 is 0 Å². The Labute approximate surface area is 298 Å². The monoisotopic (exact) mass is 729 g/mol. The van der Waals surface area contributed by atoms with E-state index in [1.807, 2.05) is 30.3 Å². The molecular weight excluding hydrogens is 690 g/mol. The summed E-state index contributed by atoms with van der Waals surface area (Å²) in [5, 5.41) is 2.77. The second-order valence-electron chi connectivity index (χ2n) is 11.7. The van der Waals surface area contributed by atoms with Crippen molar-refractivity contribution in [2.45, 2.75) is 42.8 Å². The predicted octanol–water partition coefficient (Wildman–Crippen LogP) is 7.96. The largest absolute Gasteiger partial charge is 0.497 e. The molecule has 1 amide bonds. The zero-order chi connectivity index (χ0) is 36.7. The number of benzene rings is 4. The molecular formula is C37H39F4N3O6S. The second-order valence-corrected chi connectivity index (χ2v) is 12.9. The van der Waals surface area contributed by atoms with E-state index in [0.29, 0.717) is 41.8 Å². The molecule has 0 radical (unpaired) electrons. The highest BCUT2D eigenvalue weighted by molar-refractivity contribution is 7.97. The van der Waals surface area contributed by atoms with Crippen molar-refractivity contribution < 1.29 is 46.0 Å². The van der Waals surface area contributed by atoms with Crippen LogP contribution >= 0.6 is 11.9 Å². The standard InChI is InChI=1S/C37H39F4N3O6S/c1-46-26-11-9-23(32(18-26)48-3)21-43(22-24-10-12-27(47-2)19-33(24)49-4)51-28-8-6-7-25(17-28)42-36(45)31-20-37(40,41)15-16-44(31)30-14-13-29(38)34(39)35(30)50-5/h6-14,17-19,31H,15-16,20-22H2,1-5H3,(H,42,45). The van der Waals surface area contributed by atoms with Gasteiger partial charge in [-0.15, -0.1) is 0 Å². The predicted molar refractivity (Wildman–Crippen MR) is 187 cm³/mol. The SMILES string of the molecule is COc1ccc(CN(Cc2ccc(OC)cc2OC)Sc2cccc(NC(=O)C3CC(F)(F)CCN3c3ccc(F)c(F)c3OC)c2)c(OC)c1. The highest BCUT2D eigenvalue weighted by Gasteiger charge is 2.44. The summed E-state index contributed by atoms with van der Waals surface area (Å²) in [6.45, 7) is 0.568. The number of rotatable bonds is 14. The van der Waals surface area contributed by atoms with E-state index in [1.165, 1.54) is 22.9 Å². The third-order valence-electron chi connectivity index (χ3n) is 8.45. The number of carbonyl (C=O) groups excluding carboxylic acids is 1. The van der Waals surface area contributed by atoms with Crippen molar-refractivity contribution in [2.24, 2.45) is 0 Å². The zero-order valence-corrected chi connectivity index (χ0v) is 29.6. The van der Waals surface area contributed by atoms with E-state index in [9.17, 15) is 22.4 Å². The van der Waals surface area contributed by atoms with Crippen molar-refractivity contribution >= 4 is 29.2 Å². The molecule has 4 aromatic rings. The van der Waals surface area contributed by atoms with Gasteiger partial charge in [0.25, 0.3) is 5.92 Å². The van der Waals surface area contributed by atoms with Crippen LogP contribution in [0.25, 0.3) is 0 Å². The summed E-state index contributed by atoms with van der Waals surface area (Å²) in [4.78, 5) is 15.8. The minimum atomic E-state index is -3.15. The summed E-state index contributed by atoms with van der Waals surface area (Å²) >= 11 is 1.40. The highest BCUT2D eigenvalue weighted by atomic mass is 32.2. The van der Waals surface area contributed by atoms with Gasteiger partial charge in [0.15, 0.2) is 11.6 Å². The Morgan fingerprint density at radius 1 is 0.843 bits per heavy atom. The summed E-state index contributed by atoms with van der Waals surface area (Å²) < 4.78 is 87.3. The Morgan fingerprint density at radius 3 is 2.04 bits per heavy atom. The molecule has 1 N–H and O–H groups in total. The minimum Gasteiger partial charge on any atom is -0.497 e. The average molecular weight is 730 g/mol. The number of halogens is 4. The maximum atomic E-state index is 14.7. The molecule has 1 heterocycles. The van der Waals surface area contributed by atoms with E-state index in [0.717, 1.165) is 29.2 Å². The maximum Gasteiger partial charge on any atom is 0.252 e. The van der Waals surface area contributed by atoms with Gasteiger partial charge in [-0.1, -0.05) is 18.2 Å². The van der Waals surface area contributed by atoms with Crippen LogP contribution in [0.15, 0.2) is 77.7 Å². The lowest BCUT2D eigenvalue weighted by Crippen LogP contribution is -2.53. The van der Waals surface area contributed by atoms with Crippen molar-refractivity contribution in [2.75, 3.05) is 52.3 Å². The van der Waals surface area contributed by atoms with Crippen LogP contribution in [0.5, 0.6) is 28.7 Å². The van der Waals surface area contributed by atoms with Crippen LogP contribution in [-0.4, -0.2) is 64.3 Å². The number of piperidine rings is 1. The first-order valence-corrected chi connectivity index (χ1v) is 16.7. The van der Waals surface area contributed by atoms with Gasteiger partial charge in [0.2, 0.25) is 11.7 Å². The molecule has 4 aromatic carbocycles. The first kappa shape index (κ1) is 37.4. The molecule has 14 heteroatoms. The fourth-order valence-electron chi connectivity index (χ4n) is 5.87. The molecule has 0 bridgehead atoms. The van der Waals surface area contributed by atoms with Gasteiger partial charge in [-0.2, -0.15) is 4.39 Å². The van der Waals surface area contributed by atoms with E-state index in [-0.39, 0.29) is 12.2 Å². The molecule has 1 unspecified atom stereocenters. The third-order valence-corrected chi connectivity index (χ3v) is 9.43. The molecule has 0 spiro atoms. The summed E-state index contributed by atoms with van der Waals surface area (Å²) in [7, 11) is 7.47. The third kappa shape index (κ3) is 8.92. The van der Waals surface area contributed by atoms with Gasteiger partial charge in [0.05, 0.1) is 41.2 Å². The molecule has 0 saturated carbocycles. The minimum absolute atomic E-state index is 0.00918. The second kappa shape index (κ2) is 16.5. The Bertz CT molecular complexity index is 1790. The van der Waals surface area contributed by atoms with Gasteiger partial charge in [0.1, 0.15) is 29.0 Å².